The van der Waals surface area contributed by atoms with Gasteiger partial charge < -0.3 is 19.7 Å². The van der Waals surface area contributed by atoms with E-state index in [1.807, 2.05) is 6.07 Å². The van der Waals surface area contributed by atoms with Crippen LogP contribution in [0, 0.1) is 0 Å². The molecule has 1 aliphatic heterocycles. The summed E-state index contributed by atoms with van der Waals surface area (Å²) in [5.74, 6) is 0.977. The van der Waals surface area contributed by atoms with Crippen molar-refractivity contribution in [3.05, 3.63) is 48.0 Å². The Morgan fingerprint density at radius 1 is 1.08 bits per heavy atom. The third kappa shape index (κ3) is 3.57. The van der Waals surface area contributed by atoms with E-state index in [0.717, 1.165) is 12.1 Å². The van der Waals surface area contributed by atoms with Crippen LogP contribution in [0.2, 0.25) is 0 Å². The third-order valence-electron chi connectivity index (χ3n) is 4.13. The summed E-state index contributed by atoms with van der Waals surface area (Å²) in [7, 11) is 3.10. The van der Waals surface area contributed by atoms with Crippen LogP contribution in [0.4, 0.5) is 11.4 Å². The SMILES string of the molecule is COc1ccc(NC(=O)c2cccc(N3CCCC3=O)c2)cc1OC. The van der Waals surface area contributed by atoms with Crippen LogP contribution in [-0.4, -0.2) is 32.6 Å². The first-order chi connectivity index (χ1) is 12.1. The van der Waals surface area contributed by atoms with Gasteiger partial charge in [0.1, 0.15) is 0 Å². The first-order valence-electron chi connectivity index (χ1n) is 8.06. The Balaban J connectivity index is 1.78. The number of nitrogens with one attached hydrogen (secondary N) is 1. The summed E-state index contributed by atoms with van der Waals surface area (Å²) < 4.78 is 10.4. The highest BCUT2D eigenvalue weighted by Crippen LogP contribution is 2.30. The number of carbonyl (C=O) groups is 2. The highest BCUT2D eigenvalue weighted by atomic mass is 16.5. The third-order valence-corrected chi connectivity index (χ3v) is 4.13. The molecular formula is C19H20N2O4. The number of benzene rings is 2. The average Bonchev–Trinajstić information content (AvgIpc) is 3.07. The summed E-state index contributed by atoms with van der Waals surface area (Å²) in [4.78, 5) is 26.1. The molecule has 0 radical (unpaired) electrons. The zero-order chi connectivity index (χ0) is 17.8. The van der Waals surface area contributed by atoms with Gasteiger partial charge in [0.15, 0.2) is 11.5 Å². The second kappa shape index (κ2) is 7.25. The Hall–Kier alpha value is -3.02. The minimum absolute atomic E-state index is 0.0949. The van der Waals surface area contributed by atoms with Crippen molar-refractivity contribution in [2.45, 2.75) is 12.8 Å². The van der Waals surface area contributed by atoms with Crippen molar-refractivity contribution in [1.82, 2.24) is 0 Å². The van der Waals surface area contributed by atoms with Gasteiger partial charge in [0.05, 0.1) is 14.2 Å². The van der Waals surface area contributed by atoms with Gasteiger partial charge >= 0.3 is 0 Å². The zero-order valence-corrected chi connectivity index (χ0v) is 14.2. The lowest BCUT2D eigenvalue weighted by Crippen LogP contribution is -2.24. The van der Waals surface area contributed by atoms with Gasteiger partial charge in [0.2, 0.25) is 5.91 Å². The number of ether oxygens (including phenoxy) is 2. The van der Waals surface area contributed by atoms with Crippen LogP contribution >= 0.6 is 0 Å². The molecule has 1 fully saturated rings. The number of amides is 2. The van der Waals surface area contributed by atoms with Crippen molar-refractivity contribution >= 4 is 23.2 Å². The summed E-state index contributed by atoms with van der Waals surface area (Å²) in [6.45, 7) is 0.694. The van der Waals surface area contributed by atoms with Crippen molar-refractivity contribution in [1.29, 1.82) is 0 Å². The number of rotatable bonds is 5. The van der Waals surface area contributed by atoms with E-state index in [2.05, 4.69) is 5.32 Å². The van der Waals surface area contributed by atoms with Gasteiger partial charge in [-0.3, -0.25) is 9.59 Å². The molecule has 6 heteroatoms. The monoisotopic (exact) mass is 340 g/mol. The van der Waals surface area contributed by atoms with E-state index in [0.29, 0.717) is 35.7 Å². The lowest BCUT2D eigenvalue weighted by Gasteiger charge is -2.16. The van der Waals surface area contributed by atoms with Gasteiger partial charge in [-0.05, 0) is 36.8 Å². The van der Waals surface area contributed by atoms with Gasteiger partial charge in [-0.2, -0.15) is 0 Å². The molecule has 1 saturated heterocycles. The molecular weight excluding hydrogens is 320 g/mol. The van der Waals surface area contributed by atoms with Crippen molar-refractivity contribution in [2.24, 2.45) is 0 Å². The molecule has 1 N–H and O–H groups in total. The van der Waals surface area contributed by atoms with E-state index in [1.54, 1.807) is 55.5 Å². The number of methoxy groups -OCH3 is 2. The van der Waals surface area contributed by atoms with Crippen LogP contribution in [0.5, 0.6) is 11.5 Å². The maximum Gasteiger partial charge on any atom is 0.255 e. The molecule has 0 atom stereocenters. The maximum absolute atomic E-state index is 12.5. The Bertz CT molecular complexity index is 804. The molecule has 0 bridgehead atoms. The van der Waals surface area contributed by atoms with E-state index in [9.17, 15) is 9.59 Å². The molecule has 0 saturated carbocycles. The Morgan fingerprint density at radius 3 is 2.56 bits per heavy atom. The standard InChI is InChI=1S/C19H20N2O4/c1-24-16-9-8-14(12-17(16)25-2)20-19(23)13-5-3-6-15(11-13)21-10-4-7-18(21)22/h3,5-6,8-9,11-12H,4,7,10H2,1-2H3,(H,20,23). The zero-order valence-electron chi connectivity index (χ0n) is 14.2. The second-order valence-corrected chi connectivity index (χ2v) is 5.72. The highest BCUT2D eigenvalue weighted by molar-refractivity contribution is 6.05. The number of hydrogen-bond donors (Lipinski definition) is 1. The lowest BCUT2D eigenvalue weighted by molar-refractivity contribution is -0.117. The predicted octanol–water partition coefficient (Wildman–Crippen LogP) is 3.08. The van der Waals surface area contributed by atoms with Crippen molar-refractivity contribution in [2.75, 3.05) is 31.0 Å². The molecule has 1 aliphatic rings. The molecule has 0 spiro atoms. The van der Waals surface area contributed by atoms with Crippen LogP contribution in [0.15, 0.2) is 42.5 Å². The number of nitrogens with zero attached hydrogens (tertiary/aromatic N) is 1. The van der Waals surface area contributed by atoms with Gasteiger partial charge in [0.25, 0.3) is 5.91 Å². The van der Waals surface area contributed by atoms with E-state index in [4.69, 9.17) is 9.47 Å². The average molecular weight is 340 g/mol. The van der Waals surface area contributed by atoms with Crippen LogP contribution in [0.25, 0.3) is 0 Å². The second-order valence-electron chi connectivity index (χ2n) is 5.72. The summed E-state index contributed by atoms with van der Waals surface area (Å²) in [5, 5.41) is 2.84. The molecule has 1 heterocycles. The summed E-state index contributed by atoms with van der Waals surface area (Å²) in [6.07, 6.45) is 1.41. The fraction of sp³-hybridized carbons (Fsp3) is 0.263. The molecule has 2 aromatic rings. The molecule has 2 amide bonds. The fourth-order valence-corrected chi connectivity index (χ4v) is 2.85. The van der Waals surface area contributed by atoms with Gasteiger partial charge in [0, 0.05) is 36.0 Å². The van der Waals surface area contributed by atoms with E-state index in [-0.39, 0.29) is 11.8 Å². The summed E-state index contributed by atoms with van der Waals surface area (Å²) >= 11 is 0. The number of hydrogen-bond acceptors (Lipinski definition) is 4. The smallest absolute Gasteiger partial charge is 0.255 e. The quantitative estimate of drug-likeness (QED) is 0.908. The van der Waals surface area contributed by atoms with Crippen LogP contribution in [0.1, 0.15) is 23.2 Å². The Labute approximate surface area is 146 Å². The van der Waals surface area contributed by atoms with Crippen LogP contribution in [0.3, 0.4) is 0 Å². The molecule has 6 nitrogen and oxygen atoms in total. The highest BCUT2D eigenvalue weighted by Gasteiger charge is 2.22. The lowest BCUT2D eigenvalue weighted by atomic mass is 10.1. The van der Waals surface area contributed by atoms with Crippen molar-refractivity contribution < 1.29 is 19.1 Å². The van der Waals surface area contributed by atoms with E-state index >= 15 is 0 Å². The number of carbonyl (C=O) groups excluding carboxylic acids is 2. The fourth-order valence-electron chi connectivity index (χ4n) is 2.85. The molecule has 0 aliphatic carbocycles. The normalized spacial score (nSPS) is 13.7. The van der Waals surface area contributed by atoms with Crippen molar-refractivity contribution in [3.8, 4) is 11.5 Å². The van der Waals surface area contributed by atoms with Crippen LogP contribution < -0.4 is 19.7 Å². The minimum Gasteiger partial charge on any atom is -0.493 e. The topological polar surface area (TPSA) is 67.9 Å². The minimum atomic E-state index is -0.249. The summed E-state index contributed by atoms with van der Waals surface area (Å²) in [6, 6.07) is 12.3. The number of anilines is 2. The Morgan fingerprint density at radius 2 is 1.88 bits per heavy atom. The first-order valence-corrected chi connectivity index (χ1v) is 8.06. The molecule has 3 rings (SSSR count). The van der Waals surface area contributed by atoms with E-state index < -0.39 is 0 Å². The largest absolute Gasteiger partial charge is 0.493 e. The summed E-state index contributed by atoms with van der Waals surface area (Å²) in [5.41, 5.74) is 1.85. The van der Waals surface area contributed by atoms with Gasteiger partial charge in [-0.25, -0.2) is 0 Å². The van der Waals surface area contributed by atoms with Crippen molar-refractivity contribution in [3.63, 3.8) is 0 Å². The Kier molecular flexibility index (Phi) is 4.88. The van der Waals surface area contributed by atoms with Crippen LogP contribution in [-0.2, 0) is 4.79 Å². The molecule has 2 aromatic carbocycles. The van der Waals surface area contributed by atoms with E-state index in [1.165, 1.54) is 0 Å². The maximum atomic E-state index is 12.5. The molecule has 0 aromatic heterocycles. The molecule has 130 valence electrons. The first kappa shape index (κ1) is 16.8. The van der Waals surface area contributed by atoms with Gasteiger partial charge in [-0.15, -0.1) is 0 Å². The van der Waals surface area contributed by atoms with Gasteiger partial charge in [-0.1, -0.05) is 6.07 Å². The predicted molar refractivity (Wildman–Crippen MR) is 95.5 cm³/mol. The molecule has 25 heavy (non-hydrogen) atoms. The molecule has 0 unspecified atom stereocenters.